The van der Waals surface area contributed by atoms with Crippen LogP contribution in [0.15, 0.2) is 24.3 Å². The molecule has 0 unspecified atom stereocenters. The van der Waals surface area contributed by atoms with Crippen LogP contribution in [-0.4, -0.2) is 28.8 Å². The molecule has 2 aromatic rings. The van der Waals surface area contributed by atoms with Gasteiger partial charge in [-0.05, 0) is 51.3 Å². The van der Waals surface area contributed by atoms with Crippen LogP contribution in [0.25, 0.3) is 0 Å². The van der Waals surface area contributed by atoms with Crippen LogP contribution in [0.1, 0.15) is 28.9 Å². The largest absolute Gasteiger partial charge is 0.376 e. The number of hydrogen-bond acceptors (Lipinski definition) is 3. The second-order valence-corrected chi connectivity index (χ2v) is 5.97. The average Bonchev–Trinajstić information content (AvgIpc) is 2.81. The Morgan fingerprint density at radius 1 is 1.17 bits per heavy atom. The molecule has 0 aliphatic carbocycles. The molecule has 5 heteroatoms. The van der Waals surface area contributed by atoms with Crippen molar-refractivity contribution in [3.63, 3.8) is 0 Å². The average molecular weight is 314 g/mol. The summed E-state index contributed by atoms with van der Waals surface area (Å²) in [4.78, 5) is 11.9. The lowest BCUT2D eigenvalue weighted by molar-refractivity contribution is -0.119. The molecule has 1 amide bonds. The van der Waals surface area contributed by atoms with Crippen molar-refractivity contribution in [1.29, 1.82) is 0 Å². The molecule has 124 valence electrons. The monoisotopic (exact) mass is 314 g/mol. The lowest BCUT2D eigenvalue weighted by Crippen LogP contribution is -2.31. The number of amides is 1. The number of aromatic nitrogens is 2. The van der Waals surface area contributed by atoms with Gasteiger partial charge in [-0.1, -0.05) is 18.2 Å². The fourth-order valence-corrected chi connectivity index (χ4v) is 2.68. The smallest absolute Gasteiger partial charge is 0.239 e. The van der Waals surface area contributed by atoms with Gasteiger partial charge in [0.2, 0.25) is 5.91 Å². The molecule has 0 atom stereocenters. The highest BCUT2D eigenvalue weighted by Crippen LogP contribution is 2.18. The number of rotatable bonds is 7. The van der Waals surface area contributed by atoms with E-state index in [2.05, 4.69) is 21.8 Å². The third-order valence-corrected chi connectivity index (χ3v) is 3.88. The Balaban J connectivity index is 1.70. The van der Waals surface area contributed by atoms with Crippen LogP contribution in [0.5, 0.6) is 0 Å². The van der Waals surface area contributed by atoms with Crippen LogP contribution in [0.2, 0.25) is 0 Å². The van der Waals surface area contributed by atoms with Crippen LogP contribution in [-0.2, 0) is 11.3 Å². The number of hydrogen-bond donors (Lipinski definition) is 2. The van der Waals surface area contributed by atoms with Crippen LogP contribution in [0.4, 0.5) is 5.69 Å². The third kappa shape index (κ3) is 4.84. The molecular weight excluding hydrogens is 288 g/mol. The van der Waals surface area contributed by atoms with E-state index in [0.717, 1.165) is 41.2 Å². The summed E-state index contributed by atoms with van der Waals surface area (Å²) in [6.07, 6.45) is 0.872. The van der Waals surface area contributed by atoms with Gasteiger partial charge >= 0.3 is 0 Å². The number of benzene rings is 1. The molecule has 5 nitrogen and oxygen atoms in total. The summed E-state index contributed by atoms with van der Waals surface area (Å²) in [5, 5.41) is 10.6. The Morgan fingerprint density at radius 3 is 2.48 bits per heavy atom. The van der Waals surface area contributed by atoms with E-state index in [-0.39, 0.29) is 5.91 Å². The standard InChI is InChI=1S/C18H26N4O/c1-13-7-5-8-14(2)18(13)20-12-17(23)19-9-6-10-22-16(4)11-15(3)21-22/h5,7-8,11,20H,6,9-10,12H2,1-4H3,(H,19,23). The Kier molecular flexibility index (Phi) is 5.79. The van der Waals surface area contributed by atoms with E-state index in [9.17, 15) is 4.79 Å². The maximum Gasteiger partial charge on any atom is 0.239 e. The highest BCUT2D eigenvalue weighted by Gasteiger charge is 2.05. The first kappa shape index (κ1) is 17.1. The van der Waals surface area contributed by atoms with E-state index < -0.39 is 0 Å². The van der Waals surface area contributed by atoms with E-state index in [4.69, 9.17) is 0 Å². The quantitative estimate of drug-likeness (QED) is 0.773. The molecule has 0 saturated carbocycles. The van der Waals surface area contributed by atoms with Gasteiger partial charge in [-0.2, -0.15) is 5.10 Å². The molecule has 0 fully saturated rings. The normalized spacial score (nSPS) is 10.6. The molecule has 2 N–H and O–H groups in total. The van der Waals surface area contributed by atoms with Crippen LogP contribution >= 0.6 is 0 Å². The number of anilines is 1. The van der Waals surface area contributed by atoms with Gasteiger partial charge in [0, 0.05) is 24.5 Å². The van der Waals surface area contributed by atoms with E-state index in [1.807, 2.05) is 50.6 Å². The summed E-state index contributed by atoms with van der Waals surface area (Å²) in [6, 6.07) is 8.17. The first-order valence-electron chi connectivity index (χ1n) is 8.05. The van der Waals surface area contributed by atoms with E-state index in [1.54, 1.807) is 0 Å². The molecule has 23 heavy (non-hydrogen) atoms. The van der Waals surface area contributed by atoms with Crippen LogP contribution in [0, 0.1) is 27.7 Å². The van der Waals surface area contributed by atoms with E-state index in [1.165, 1.54) is 0 Å². The van der Waals surface area contributed by atoms with Crippen molar-refractivity contribution in [2.24, 2.45) is 0 Å². The number of aryl methyl sites for hydroxylation is 5. The third-order valence-electron chi connectivity index (χ3n) is 3.88. The van der Waals surface area contributed by atoms with Gasteiger partial charge in [0.25, 0.3) is 0 Å². The van der Waals surface area contributed by atoms with Gasteiger partial charge in [0.15, 0.2) is 0 Å². The maximum atomic E-state index is 11.9. The number of carbonyl (C=O) groups excluding carboxylic acids is 1. The van der Waals surface area contributed by atoms with E-state index >= 15 is 0 Å². The summed E-state index contributed by atoms with van der Waals surface area (Å²) in [5.41, 5.74) is 5.55. The Labute approximate surface area is 138 Å². The van der Waals surface area contributed by atoms with Gasteiger partial charge < -0.3 is 10.6 Å². The summed E-state index contributed by atoms with van der Waals surface area (Å²) >= 11 is 0. The second-order valence-electron chi connectivity index (χ2n) is 5.97. The Bertz CT molecular complexity index is 655. The zero-order valence-electron chi connectivity index (χ0n) is 14.4. The molecule has 1 heterocycles. The van der Waals surface area contributed by atoms with Gasteiger partial charge in [-0.25, -0.2) is 0 Å². The summed E-state index contributed by atoms with van der Waals surface area (Å²) < 4.78 is 1.98. The number of nitrogens with one attached hydrogen (secondary N) is 2. The zero-order valence-corrected chi connectivity index (χ0v) is 14.4. The molecule has 2 rings (SSSR count). The van der Waals surface area contributed by atoms with Crippen LogP contribution < -0.4 is 10.6 Å². The summed E-state index contributed by atoms with van der Waals surface area (Å²) in [6.45, 7) is 9.91. The molecule has 1 aromatic heterocycles. The van der Waals surface area contributed by atoms with E-state index in [0.29, 0.717) is 13.1 Å². The first-order chi connectivity index (χ1) is 11.0. The molecule has 0 spiro atoms. The molecule has 0 bridgehead atoms. The fraction of sp³-hybridized carbons (Fsp3) is 0.444. The van der Waals surface area contributed by atoms with Crippen molar-refractivity contribution in [3.8, 4) is 0 Å². The van der Waals surface area contributed by atoms with Gasteiger partial charge in [0.05, 0.1) is 12.2 Å². The fourth-order valence-electron chi connectivity index (χ4n) is 2.68. The number of carbonyl (C=O) groups is 1. The van der Waals surface area contributed by atoms with Crippen LogP contribution in [0.3, 0.4) is 0 Å². The van der Waals surface area contributed by atoms with Crippen molar-refractivity contribution < 1.29 is 4.79 Å². The molecule has 0 radical (unpaired) electrons. The predicted molar refractivity (Wildman–Crippen MR) is 93.7 cm³/mol. The highest BCUT2D eigenvalue weighted by atomic mass is 16.1. The second kappa shape index (κ2) is 7.81. The van der Waals surface area contributed by atoms with Gasteiger partial charge in [0.1, 0.15) is 0 Å². The Hall–Kier alpha value is -2.30. The molecular formula is C18H26N4O. The minimum Gasteiger partial charge on any atom is -0.376 e. The molecule has 0 aliphatic rings. The minimum atomic E-state index is 0.0148. The molecule has 0 aliphatic heterocycles. The minimum absolute atomic E-state index is 0.0148. The predicted octanol–water partition coefficient (Wildman–Crippen LogP) is 2.74. The zero-order chi connectivity index (χ0) is 16.8. The summed E-state index contributed by atoms with van der Waals surface area (Å²) in [5.74, 6) is 0.0148. The first-order valence-corrected chi connectivity index (χ1v) is 8.05. The van der Waals surface area contributed by atoms with Crippen molar-refractivity contribution in [1.82, 2.24) is 15.1 Å². The van der Waals surface area contributed by atoms with Crippen molar-refractivity contribution in [2.45, 2.75) is 40.7 Å². The lowest BCUT2D eigenvalue weighted by atomic mass is 10.1. The molecule has 1 aromatic carbocycles. The van der Waals surface area contributed by atoms with Gasteiger partial charge in [-0.3, -0.25) is 9.48 Å². The SMILES string of the molecule is Cc1cc(C)n(CCCNC(=O)CNc2c(C)cccc2C)n1. The van der Waals surface area contributed by atoms with Gasteiger partial charge in [-0.15, -0.1) is 0 Å². The topological polar surface area (TPSA) is 59.0 Å². The molecule has 0 saturated heterocycles. The van der Waals surface area contributed by atoms with Crippen molar-refractivity contribution in [2.75, 3.05) is 18.4 Å². The van der Waals surface area contributed by atoms with Crippen molar-refractivity contribution in [3.05, 3.63) is 46.8 Å². The summed E-state index contributed by atoms with van der Waals surface area (Å²) in [7, 11) is 0. The number of nitrogens with zero attached hydrogens (tertiary/aromatic N) is 2. The van der Waals surface area contributed by atoms with Crippen molar-refractivity contribution >= 4 is 11.6 Å². The number of para-hydroxylation sites is 1. The lowest BCUT2D eigenvalue weighted by Gasteiger charge is -2.12. The Morgan fingerprint density at radius 2 is 1.87 bits per heavy atom. The maximum absolute atomic E-state index is 11.9. The highest BCUT2D eigenvalue weighted by molar-refractivity contribution is 5.81.